The highest BCUT2D eigenvalue weighted by Crippen LogP contribution is 2.27. The van der Waals surface area contributed by atoms with Crippen molar-refractivity contribution in [1.29, 1.82) is 0 Å². The number of benzene rings is 1. The van der Waals surface area contributed by atoms with E-state index >= 15 is 0 Å². The maximum absolute atomic E-state index is 13.4. The van der Waals surface area contributed by atoms with Crippen molar-refractivity contribution in [3.63, 3.8) is 0 Å². The minimum absolute atomic E-state index is 0.0105. The molecule has 0 unspecified atom stereocenters. The Balaban J connectivity index is 1.64. The Labute approximate surface area is 143 Å². The first kappa shape index (κ1) is 17.2. The normalized spacial score (nSPS) is 22.4. The highest BCUT2D eigenvalue weighted by atomic mass is 19.1. The fourth-order valence-electron chi connectivity index (χ4n) is 4.00. The van der Waals surface area contributed by atoms with Crippen LogP contribution in [-0.2, 0) is 11.3 Å². The van der Waals surface area contributed by atoms with Gasteiger partial charge in [0.15, 0.2) is 0 Å². The molecule has 3 rings (SSSR count). The van der Waals surface area contributed by atoms with Gasteiger partial charge in [0.05, 0.1) is 5.92 Å². The molecule has 2 aliphatic rings. The van der Waals surface area contributed by atoms with Gasteiger partial charge in [-0.15, -0.1) is 0 Å². The molecule has 1 aliphatic heterocycles. The third-order valence-corrected chi connectivity index (χ3v) is 5.35. The average Bonchev–Trinajstić information content (AvgIpc) is 2.62. The van der Waals surface area contributed by atoms with Crippen LogP contribution in [0.15, 0.2) is 18.2 Å². The van der Waals surface area contributed by atoms with Gasteiger partial charge in [-0.25, -0.2) is 4.39 Å². The van der Waals surface area contributed by atoms with E-state index in [1.807, 2.05) is 0 Å². The second-order valence-corrected chi connectivity index (χ2v) is 7.11. The van der Waals surface area contributed by atoms with Crippen molar-refractivity contribution in [2.24, 2.45) is 11.7 Å². The fourth-order valence-corrected chi connectivity index (χ4v) is 4.00. The first-order valence-corrected chi connectivity index (χ1v) is 9.21. The van der Waals surface area contributed by atoms with Crippen LogP contribution in [0, 0.1) is 11.7 Å². The van der Waals surface area contributed by atoms with E-state index < -0.39 is 0 Å². The van der Waals surface area contributed by atoms with Gasteiger partial charge in [0.25, 0.3) is 0 Å². The fraction of sp³-hybridized carbons (Fsp3) is 0.632. The molecule has 0 radical (unpaired) electrons. The lowest BCUT2D eigenvalue weighted by Gasteiger charge is -2.35. The van der Waals surface area contributed by atoms with Gasteiger partial charge in [0.1, 0.15) is 5.82 Å². The molecule has 2 fully saturated rings. The third-order valence-electron chi connectivity index (χ3n) is 5.35. The van der Waals surface area contributed by atoms with E-state index in [1.54, 1.807) is 6.07 Å². The first-order chi connectivity index (χ1) is 11.7. The molecule has 1 saturated carbocycles. The zero-order chi connectivity index (χ0) is 16.9. The molecule has 24 heavy (non-hydrogen) atoms. The maximum atomic E-state index is 13.4. The van der Waals surface area contributed by atoms with Crippen LogP contribution >= 0.6 is 0 Å². The van der Waals surface area contributed by atoms with Crippen LogP contribution in [0.3, 0.4) is 0 Å². The van der Waals surface area contributed by atoms with Gasteiger partial charge in [0.2, 0.25) is 5.91 Å². The minimum Gasteiger partial charge on any atom is -0.370 e. The molecule has 5 heteroatoms. The van der Waals surface area contributed by atoms with E-state index in [9.17, 15) is 9.18 Å². The molecule has 1 aliphatic carbocycles. The molecule has 1 atom stereocenters. The molecule has 1 aromatic rings. The molecular weight excluding hydrogens is 305 g/mol. The molecular formula is C19H28FN3O. The summed E-state index contributed by atoms with van der Waals surface area (Å²) in [6.07, 6.45) is 7.84. The van der Waals surface area contributed by atoms with E-state index in [0.29, 0.717) is 19.1 Å². The van der Waals surface area contributed by atoms with E-state index in [4.69, 9.17) is 5.73 Å². The number of anilines is 1. The van der Waals surface area contributed by atoms with E-state index in [2.05, 4.69) is 10.2 Å². The summed E-state index contributed by atoms with van der Waals surface area (Å²) in [7, 11) is 0. The summed E-state index contributed by atoms with van der Waals surface area (Å²) >= 11 is 0. The van der Waals surface area contributed by atoms with Crippen molar-refractivity contribution in [3.05, 3.63) is 29.6 Å². The van der Waals surface area contributed by atoms with Gasteiger partial charge in [-0.2, -0.15) is 0 Å². The lowest BCUT2D eigenvalue weighted by Crippen LogP contribution is -2.46. The van der Waals surface area contributed by atoms with Crippen LogP contribution in [0.25, 0.3) is 0 Å². The van der Waals surface area contributed by atoms with Gasteiger partial charge in [-0.1, -0.05) is 19.3 Å². The predicted molar refractivity (Wildman–Crippen MR) is 94.2 cm³/mol. The van der Waals surface area contributed by atoms with Crippen LogP contribution in [0.4, 0.5) is 10.1 Å². The van der Waals surface area contributed by atoms with Gasteiger partial charge in [0, 0.05) is 31.4 Å². The molecule has 132 valence electrons. The third kappa shape index (κ3) is 4.07. The van der Waals surface area contributed by atoms with Gasteiger partial charge in [-0.05, 0) is 49.4 Å². The van der Waals surface area contributed by atoms with Crippen LogP contribution in [0.1, 0.15) is 50.5 Å². The molecule has 1 aromatic carbocycles. The summed E-state index contributed by atoms with van der Waals surface area (Å²) in [5.74, 6) is -0.0674. The molecule has 1 amide bonds. The molecule has 0 bridgehead atoms. The Morgan fingerprint density at radius 2 is 2.00 bits per heavy atom. The van der Waals surface area contributed by atoms with Crippen molar-refractivity contribution in [3.8, 4) is 0 Å². The van der Waals surface area contributed by atoms with Crippen LogP contribution in [0.5, 0.6) is 0 Å². The second-order valence-electron chi connectivity index (χ2n) is 7.11. The topological polar surface area (TPSA) is 58.4 Å². The minimum atomic E-state index is -0.261. The average molecular weight is 333 g/mol. The number of carbonyl (C=O) groups is 1. The molecule has 3 N–H and O–H groups in total. The number of nitrogens with zero attached hydrogens (tertiary/aromatic N) is 1. The summed E-state index contributed by atoms with van der Waals surface area (Å²) in [6, 6.07) is 5.12. The van der Waals surface area contributed by atoms with Crippen molar-refractivity contribution in [1.82, 2.24) is 5.32 Å². The monoisotopic (exact) mass is 333 g/mol. The summed E-state index contributed by atoms with van der Waals surface area (Å²) in [4.78, 5) is 14.8. The molecule has 0 spiro atoms. The number of nitrogens with two attached hydrogens (primary N) is 1. The van der Waals surface area contributed by atoms with E-state index in [0.717, 1.165) is 43.5 Å². The summed E-state index contributed by atoms with van der Waals surface area (Å²) in [5.41, 5.74) is 7.55. The van der Waals surface area contributed by atoms with Crippen molar-refractivity contribution >= 4 is 11.6 Å². The Bertz CT molecular complexity index is 572. The molecule has 1 heterocycles. The standard InChI is InChI=1S/C19H28FN3O/c20-16-8-9-18(15(11-16)12-21)23-10-4-5-14(13-23)19(24)22-17-6-2-1-3-7-17/h8-9,11,14,17H,1-7,10,12-13,21H2,(H,22,24)/t14-/m0/s1. The number of hydrogen-bond acceptors (Lipinski definition) is 3. The molecule has 4 nitrogen and oxygen atoms in total. The van der Waals surface area contributed by atoms with Crippen molar-refractivity contribution in [2.75, 3.05) is 18.0 Å². The second kappa shape index (κ2) is 7.97. The predicted octanol–water partition coefficient (Wildman–Crippen LogP) is 2.95. The summed E-state index contributed by atoms with van der Waals surface area (Å²) in [5, 5.41) is 3.25. The van der Waals surface area contributed by atoms with Crippen molar-refractivity contribution < 1.29 is 9.18 Å². The highest BCUT2D eigenvalue weighted by molar-refractivity contribution is 5.80. The SMILES string of the molecule is NCc1cc(F)ccc1N1CCC[C@H](C(=O)NC2CCCCC2)C1. The number of hydrogen-bond donors (Lipinski definition) is 2. The van der Waals surface area contributed by atoms with Gasteiger partial charge < -0.3 is 16.0 Å². The zero-order valence-corrected chi connectivity index (χ0v) is 14.3. The number of amides is 1. The highest BCUT2D eigenvalue weighted by Gasteiger charge is 2.28. The Morgan fingerprint density at radius 3 is 2.75 bits per heavy atom. The Kier molecular flexibility index (Phi) is 5.72. The van der Waals surface area contributed by atoms with Gasteiger partial charge >= 0.3 is 0 Å². The molecule has 1 saturated heterocycles. The van der Waals surface area contributed by atoms with Crippen LogP contribution in [0.2, 0.25) is 0 Å². The maximum Gasteiger partial charge on any atom is 0.225 e. The van der Waals surface area contributed by atoms with E-state index in [-0.39, 0.29) is 17.6 Å². The smallest absolute Gasteiger partial charge is 0.225 e. The quantitative estimate of drug-likeness (QED) is 0.891. The largest absolute Gasteiger partial charge is 0.370 e. The Morgan fingerprint density at radius 1 is 1.21 bits per heavy atom. The summed E-state index contributed by atoms with van der Waals surface area (Å²) in [6.45, 7) is 1.89. The lowest BCUT2D eigenvalue weighted by atomic mass is 9.92. The number of rotatable bonds is 4. The lowest BCUT2D eigenvalue weighted by molar-refractivity contribution is -0.126. The number of carbonyl (C=O) groups excluding carboxylic acids is 1. The number of piperidine rings is 1. The van der Waals surface area contributed by atoms with Crippen LogP contribution < -0.4 is 16.0 Å². The van der Waals surface area contributed by atoms with E-state index in [1.165, 1.54) is 31.4 Å². The van der Waals surface area contributed by atoms with Gasteiger partial charge in [-0.3, -0.25) is 4.79 Å². The number of nitrogens with one attached hydrogen (secondary N) is 1. The number of halogens is 1. The molecule has 0 aromatic heterocycles. The Hall–Kier alpha value is -1.62. The van der Waals surface area contributed by atoms with Crippen molar-refractivity contribution in [2.45, 2.75) is 57.5 Å². The first-order valence-electron chi connectivity index (χ1n) is 9.21. The summed E-state index contributed by atoms with van der Waals surface area (Å²) < 4.78 is 13.4. The van der Waals surface area contributed by atoms with Crippen LogP contribution in [-0.4, -0.2) is 25.0 Å². The zero-order valence-electron chi connectivity index (χ0n) is 14.3.